The third-order valence-electron chi connectivity index (χ3n) is 3.06. The van der Waals surface area contributed by atoms with E-state index in [0.717, 1.165) is 6.07 Å². The van der Waals surface area contributed by atoms with Crippen molar-refractivity contribution in [1.29, 1.82) is 0 Å². The summed E-state index contributed by atoms with van der Waals surface area (Å²) in [7, 11) is 0. The third kappa shape index (κ3) is 3.66. The molecular weight excluding hydrogens is 416 g/mol. The minimum absolute atomic E-state index is 0.00580. The number of rotatable bonds is 2. The average Bonchev–Trinajstić information content (AvgIpc) is 2.40. The van der Waals surface area contributed by atoms with Crippen molar-refractivity contribution in [2.24, 2.45) is 0 Å². The molecule has 2 rings (SSSR count). The van der Waals surface area contributed by atoms with E-state index in [1.54, 1.807) is 25.1 Å². The molecule has 0 aliphatic carbocycles. The van der Waals surface area contributed by atoms with Gasteiger partial charge in [0.1, 0.15) is 5.82 Å². The summed E-state index contributed by atoms with van der Waals surface area (Å²) < 4.78 is 52.0. The molecule has 0 amide bonds. The Kier molecular flexibility index (Phi) is 4.78. The van der Waals surface area contributed by atoms with E-state index < -0.39 is 16.6 Å². The number of hydrogen-bond donors (Lipinski definition) is 0. The van der Waals surface area contributed by atoms with E-state index in [9.17, 15) is 17.6 Å². The quantitative estimate of drug-likeness (QED) is 0.385. The third-order valence-corrected chi connectivity index (χ3v) is 4.81. The minimum Gasteiger partial charge on any atom is -0.207 e. The van der Waals surface area contributed by atoms with Crippen LogP contribution in [-0.4, -0.2) is 0 Å². The predicted octanol–water partition coefficient (Wildman–Crippen LogP) is 6.40. The van der Waals surface area contributed by atoms with Crippen LogP contribution in [0.5, 0.6) is 0 Å². The molecular formula is C15H10Br2F4. The lowest BCUT2D eigenvalue weighted by atomic mass is 10.0. The van der Waals surface area contributed by atoms with E-state index in [-0.39, 0.29) is 10.3 Å². The van der Waals surface area contributed by atoms with Crippen LogP contribution >= 0.6 is 31.9 Å². The first-order valence-electron chi connectivity index (χ1n) is 5.97. The fourth-order valence-electron chi connectivity index (χ4n) is 1.94. The molecule has 0 radical (unpaired) electrons. The topological polar surface area (TPSA) is 0 Å². The Labute approximate surface area is 136 Å². The van der Waals surface area contributed by atoms with Crippen LogP contribution in [0.1, 0.15) is 27.1 Å². The molecule has 112 valence electrons. The lowest BCUT2D eigenvalue weighted by Crippen LogP contribution is -2.07. The molecule has 1 unspecified atom stereocenters. The number of benzene rings is 2. The molecule has 0 N–H and O–H groups in total. The zero-order valence-electron chi connectivity index (χ0n) is 10.8. The lowest BCUT2D eigenvalue weighted by molar-refractivity contribution is -0.138. The summed E-state index contributed by atoms with van der Waals surface area (Å²) in [6, 6.07) is 8.52. The molecule has 0 nitrogen and oxygen atoms in total. The first kappa shape index (κ1) is 16.5. The highest BCUT2D eigenvalue weighted by molar-refractivity contribution is 9.10. The lowest BCUT2D eigenvalue weighted by Gasteiger charge is -2.15. The Morgan fingerprint density at radius 1 is 1.00 bits per heavy atom. The van der Waals surface area contributed by atoms with Crippen LogP contribution in [0.3, 0.4) is 0 Å². The maximum absolute atomic E-state index is 13.3. The van der Waals surface area contributed by atoms with Gasteiger partial charge in [0.05, 0.1) is 10.4 Å². The van der Waals surface area contributed by atoms with E-state index in [1.165, 1.54) is 12.1 Å². The number of halogens is 6. The summed E-state index contributed by atoms with van der Waals surface area (Å²) in [5.74, 6) is -0.342. The van der Waals surface area contributed by atoms with Gasteiger partial charge in [-0.1, -0.05) is 50.1 Å². The molecule has 0 aliphatic heterocycles. The standard InChI is InChI=1S/C15H10Br2F4/c1-8-6-9(3-5-13(8)18)14(17)10-2-4-12(16)11(7-10)15(19,20)21/h2-7,14H,1H3. The minimum atomic E-state index is -4.43. The largest absolute Gasteiger partial charge is 0.417 e. The van der Waals surface area contributed by atoms with Gasteiger partial charge in [-0.2, -0.15) is 13.2 Å². The zero-order chi connectivity index (χ0) is 15.8. The molecule has 0 fully saturated rings. The first-order chi connectivity index (χ1) is 9.70. The SMILES string of the molecule is Cc1cc(C(Br)c2ccc(Br)c(C(F)(F)F)c2)ccc1F. The molecule has 0 spiro atoms. The van der Waals surface area contributed by atoms with Crippen molar-refractivity contribution in [2.75, 3.05) is 0 Å². The predicted molar refractivity (Wildman–Crippen MR) is 81.1 cm³/mol. The van der Waals surface area contributed by atoms with Gasteiger partial charge in [-0.25, -0.2) is 4.39 Å². The van der Waals surface area contributed by atoms with Gasteiger partial charge < -0.3 is 0 Å². The molecule has 0 heterocycles. The van der Waals surface area contributed by atoms with Crippen LogP contribution in [-0.2, 0) is 6.18 Å². The van der Waals surface area contributed by atoms with Crippen LogP contribution in [0.15, 0.2) is 40.9 Å². The van der Waals surface area contributed by atoms with Crippen LogP contribution in [0.25, 0.3) is 0 Å². The van der Waals surface area contributed by atoms with E-state index in [1.807, 2.05) is 0 Å². The van der Waals surface area contributed by atoms with Gasteiger partial charge in [-0.05, 0) is 41.8 Å². The van der Waals surface area contributed by atoms with Crippen LogP contribution in [0, 0.1) is 12.7 Å². The van der Waals surface area contributed by atoms with E-state index in [0.29, 0.717) is 16.7 Å². The van der Waals surface area contributed by atoms with E-state index in [2.05, 4.69) is 31.9 Å². The average molecular weight is 426 g/mol. The van der Waals surface area contributed by atoms with Crippen molar-refractivity contribution in [3.8, 4) is 0 Å². The molecule has 21 heavy (non-hydrogen) atoms. The molecule has 2 aromatic carbocycles. The normalized spacial score (nSPS) is 13.3. The van der Waals surface area contributed by atoms with E-state index in [4.69, 9.17) is 0 Å². The Morgan fingerprint density at radius 2 is 1.57 bits per heavy atom. The summed E-state index contributed by atoms with van der Waals surface area (Å²) in [6.07, 6.45) is -4.43. The van der Waals surface area contributed by atoms with Gasteiger partial charge in [0, 0.05) is 4.47 Å². The van der Waals surface area contributed by atoms with Gasteiger partial charge in [0.15, 0.2) is 0 Å². The van der Waals surface area contributed by atoms with Crippen molar-refractivity contribution >= 4 is 31.9 Å². The first-order valence-corrected chi connectivity index (χ1v) is 7.68. The second-order valence-corrected chi connectivity index (χ2v) is 6.38. The maximum atomic E-state index is 13.3. The van der Waals surface area contributed by atoms with E-state index >= 15 is 0 Å². The van der Waals surface area contributed by atoms with Crippen LogP contribution in [0.4, 0.5) is 17.6 Å². The van der Waals surface area contributed by atoms with Crippen molar-refractivity contribution in [1.82, 2.24) is 0 Å². The molecule has 0 saturated carbocycles. The van der Waals surface area contributed by atoms with Gasteiger partial charge >= 0.3 is 6.18 Å². The molecule has 1 atom stereocenters. The second kappa shape index (κ2) is 6.08. The van der Waals surface area contributed by atoms with Crippen molar-refractivity contribution in [3.05, 3.63) is 68.9 Å². The molecule has 0 aliphatic rings. The Bertz CT molecular complexity index is 665. The van der Waals surface area contributed by atoms with Gasteiger partial charge in [-0.15, -0.1) is 0 Å². The van der Waals surface area contributed by atoms with Gasteiger partial charge in [0.25, 0.3) is 0 Å². The number of hydrogen-bond acceptors (Lipinski definition) is 0. The summed E-state index contributed by atoms with van der Waals surface area (Å²) in [6.45, 7) is 1.61. The monoisotopic (exact) mass is 424 g/mol. The molecule has 0 aromatic heterocycles. The summed E-state index contributed by atoms with van der Waals surface area (Å²) in [5.41, 5.74) is 0.870. The summed E-state index contributed by atoms with van der Waals surface area (Å²) >= 11 is 6.28. The Hall–Kier alpha value is -0.880. The van der Waals surface area contributed by atoms with Crippen molar-refractivity contribution in [3.63, 3.8) is 0 Å². The summed E-state index contributed by atoms with van der Waals surface area (Å²) in [5, 5.41) is 0. The maximum Gasteiger partial charge on any atom is 0.417 e. The Balaban J connectivity index is 2.44. The molecule has 0 saturated heterocycles. The highest BCUT2D eigenvalue weighted by Crippen LogP contribution is 2.39. The van der Waals surface area contributed by atoms with Crippen molar-refractivity contribution in [2.45, 2.75) is 17.9 Å². The highest BCUT2D eigenvalue weighted by Gasteiger charge is 2.33. The van der Waals surface area contributed by atoms with Crippen LogP contribution in [0.2, 0.25) is 0 Å². The Morgan fingerprint density at radius 3 is 2.14 bits per heavy atom. The highest BCUT2D eigenvalue weighted by atomic mass is 79.9. The fraction of sp³-hybridized carbons (Fsp3) is 0.200. The summed E-state index contributed by atoms with van der Waals surface area (Å²) in [4.78, 5) is -0.439. The smallest absolute Gasteiger partial charge is 0.207 e. The molecule has 0 bridgehead atoms. The molecule has 6 heteroatoms. The fourth-order valence-corrected chi connectivity index (χ4v) is 2.98. The van der Waals surface area contributed by atoms with Crippen LogP contribution < -0.4 is 0 Å². The number of aryl methyl sites for hydroxylation is 1. The van der Waals surface area contributed by atoms with Gasteiger partial charge in [0.2, 0.25) is 0 Å². The second-order valence-electron chi connectivity index (χ2n) is 4.61. The number of alkyl halides is 4. The molecule has 2 aromatic rings. The van der Waals surface area contributed by atoms with Crippen molar-refractivity contribution < 1.29 is 17.6 Å². The zero-order valence-corrected chi connectivity index (χ0v) is 14.0. The van der Waals surface area contributed by atoms with Gasteiger partial charge in [-0.3, -0.25) is 0 Å².